The summed E-state index contributed by atoms with van der Waals surface area (Å²) in [6.07, 6.45) is 0. The molecule has 94 valence electrons. The standard InChI is InChI=1S/C12H10O5S/c13-7-1-3-11(9(15)5-7)18(17)12-4-2-8(14)6-10(12)16/h1-6,13-16H. The van der Waals surface area contributed by atoms with Gasteiger partial charge in [0, 0.05) is 12.1 Å². The highest BCUT2D eigenvalue weighted by molar-refractivity contribution is 7.85. The van der Waals surface area contributed by atoms with E-state index in [4.69, 9.17) is 10.2 Å². The molecule has 2 aromatic carbocycles. The second kappa shape index (κ2) is 4.58. The topological polar surface area (TPSA) is 98.0 Å². The number of benzene rings is 2. The van der Waals surface area contributed by atoms with E-state index in [0.717, 1.165) is 12.1 Å². The summed E-state index contributed by atoms with van der Waals surface area (Å²) in [5.41, 5.74) is 0. The Morgan fingerprint density at radius 2 is 1.11 bits per heavy atom. The SMILES string of the molecule is O=S(c1ccc(O)cc1O)c1ccc(O)cc1O. The summed E-state index contributed by atoms with van der Waals surface area (Å²) in [4.78, 5) is 0.127. The largest absolute Gasteiger partial charge is 0.508 e. The Labute approximate surface area is 105 Å². The minimum absolute atomic E-state index is 0.0637. The normalized spacial score (nSPS) is 10.7. The van der Waals surface area contributed by atoms with E-state index in [2.05, 4.69) is 0 Å². The number of phenolic OH excluding ortho intramolecular Hbond substituents is 4. The molecule has 0 aliphatic heterocycles. The Morgan fingerprint density at radius 3 is 1.44 bits per heavy atom. The monoisotopic (exact) mass is 266 g/mol. The third kappa shape index (κ3) is 2.23. The second-order valence-electron chi connectivity index (χ2n) is 3.57. The molecule has 0 heterocycles. The van der Waals surface area contributed by atoms with Gasteiger partial charge >= 0.3 is 0 Å². The van der Waals surface area contributed by atoms with Crippen LogP contribution >= 0.6 is 0 Å². The van der Waals surface area contributed by atoms with Gasteiger partial charge in [0.2, 0.25) is 0 Å². The van der Waals surface area contributed by atoms with Crippen LogP contribution < -0.4 is 0 Å². The summed E-state index contributed by atoms with van der Waals surface area (Å²) < 4.78 is 12.1. The van der Waals surface area contributed by atoms with Gasteiger partial charge in [0.25, 0.3) is 0 Å². The molecule has 0 spiro atoms. The smallest absolute Gasteiger partial charge is 0.135 e. The first-order valence-corrected chi connectivity index (χ1v) is 6.10. The zero-order valence-corrected chi connectivity index (χ0v) is 9.89. The fourth-order valence-corrected chi connectivity index (χ4v) is 2.56. The number of hydrogen-bond donors (Lipinski definition) is 4. The molecule has 5 nitrogen and oxygen atoms in total. The van der Waals surface area contributed by atoms with Gasteiger partial charge in [0.15, 0.2) is 0 Å². The van der Waals surface area contributed by atoms with Crippen molar-refractivity contribution in [3.63, 3.8) is 0 Å². The van der Waals surface area contributed by atoms with Gasteiger partial charge in [0.1, 0.15) is 23.0 Å². The minimum atomic E-state index is -1.81. The molecule has 0 saturated carbocycles. The highest BCUT2D eigenvalue weighted by atomic mass is 32.2. The van der Waals surface area contributed by atoms with Gasteiger partial charge in [0.05, 0.1) is 20.6 Å². The van der Waals surface area contributed by atoms with Crippen LogP contribution in [0.1, 0.15) is 0 Å². The van der Waals surface area contributed by atoms with E-state index in [-0.39, 0.29) is 32.8 Å². The maximum absolute atomic E-state index is 12.1. The van der Waals surface area contributed by atoms with Crippen molar-refractivity contribution >= 4 is 10.8 Å². The first-order chi connectivity index (χ1) is 8.49. The number of phenols is 4. The highest BCUT2D eigenvalue weighted by Gasteiger charge is 2.16. The molecular formula is C12H10O5S. The molecule has 0 bridgehead atoms. The third-order valence-corrected chi connectivity index (χ3v) is 3.77. The maximum Gasteiger partial charge on any atom is 0.135 e. The van der Waals surface area contributed by atoms with Gasteiger partial charge in [-0.25, -0.2) is 4.21 Å². The molecule has 0 atom stereocenters. The molecule has 6 heteroatoms. The number of hydrogen-bond acceptors (Lipinski definition) is 5. The van der Waals surface area contributed by atoms with Crippen molar-refractivity contribution in [2.24, 2.45) is 0 Å². The van der Waals surface area contributed by atoms with E-state index in [9.17, 15) is 14.4 Å². The molecule has 0 fully saturated rings. The molecular weight excluding hydrogens is 256 g/mol. The fraction of sp³-hybridized carbons (Fsp3) is 0. The van der Waals surface area contributed by atoms with E-state index < -0.39 is 10.8 Å². The summed E-state index contributed by atoms with van der Waals surface area (Å²) in [6.45, 7) is 0. The summed E-state index contributed by atoms with van der Waals surface area (Å²) in [5, 5.41) is 37.4. The van der Waals surface area contributed by atoms with Crippen LogP contribution in [0.5, 0.6) is 23.0 Å². The lowest BCUT2D eigenvalue weighted by molar-refractivity contribution is 0.439. The summed E-state index contributed by atoms with van der Waals surface area (Å²) in [7, 11) is -1.81. The molecule has 0 aromatic heterocycles. The van der Waals surface area contributed by atoms with Crippen LogP contribution in [0, 0.1) is 0 Å². The van der Waals surface area contributed by atoms with Crippen molar-refractivity contribution in [1.29, 1.82) is 0 Å². The van der Waals surface area contributed by atoms with Gasteiger partial charge in [-0.3, -0.25) is 0 Å². The van der Waals surface area contributed by atoms with Gasteiger partial charge in [-0.05, 0) is 24.3 Å². The molecule has 0 radical (unpaired) electrons. The molecule has 18 heavy (non-hydrogen) atoms. The lowest BCUT2D eigenvalue weighted by Gasteiger charge is -2.07. The first-order valence-electron chi connectivity index (χ1n) is 4.95. The van der Waals surface area contributed by atoms with Crippen LogP contribution in [0.4, 0.5) is 0 Å². The third-order valence-electron chi connectivity index (χ3n) is 2.28. The average molecular weight is 266 g/mol. The predicted molar refractivity (Wildman–Crippen MR) is 64.2 cm³/mol. The zero-order chi connectivity index (χ0) is 13.3. The molecule has 0 aliphatic rings. The number of aromatic hydroxyl groups is 4. The van der Waals surface area contributed by atoms with Crippen molar-refractivity contribution in [3.05, 3.63) is 36.4 Å². The lowest BCUT2D eigenvalue weighted by atomic mass is 10.3. The molecule has 0 aliphatic carbocycles. The Morgan fingerprint density at radius 1 is 0.722 bits per heavy atom. The van der Waals surface area contributed by atoms with Crippen molar-refractivity contribution in [2.75, 3.05) is 0 Å². The van der Waals surface area contributed by atoms with Crippen LogP contribution in [-0.2, 0) is 10.8 Å². The Balaban J connectivity index is 2.48. The van der Waals surface area contributed by atoms with E-state index in [1.54, 1.807) is 0 Å². The van der Waals surface area contributed by atoms with Gasteiger partial charge in [-0.15, -0.1) is 0 Å². The lowest BCUT2D eigenvalue weighted by Crippen LogP contribution is -1.93. The molecule has 2 rings (SSSR count). The minimum Gasteiger partial charge on any atom is -0.508 e. The second-order valence-corrected chi connectivity index (χ2v) is 4.99. The molecule has 0 unspecified atom stereocenters. The van der Waals surface area contributed by atoms with Gasteiger partial charge in [-0.2, -0.15) is 0 Å². The number of rotatable bonds is 2. The summed E-state index contributed by atoms with van der Waals surface area (Å²) in [6, 6.07) is 7.28. The van der Waals surface area contributed by atoms with Crippen molar-refractivity contribution in [2.45, 2.75) is 9.79 Å². The molecule has 0 saturated heterocycles. The van der Waals surface area contributed by atoms with E-state index >= 15 is 0 Å². The Kier molecular flexibility index (Phi) is 3.12. The molecule has 2 aromatic rings. The van der Waals surface area contributed by atoms with E-state index in [1.165, 1.54) is 24.3 Å². The van der Waals surface area contributed by atoms with Gasteiger partial charge < -0.3 is 20.4 Å². The predicted octanol–water partition coefficient (Wildman–Crippen LogP) is 1.68. The van der Waals surface area contributed by atoms with Crippen LogP contribution in [0.25, 0.3) is 0 Å². The van der Waals surface area contributed by atoms with Crippen molar-refractivity contribution < 1.29 is 24.6 Å². The Hall–Kier alpha value is -2.21. The van der Waals surface area contributed by atoms with E-state index in [1.807, 2.05) is 0 Å². The Bertz CT molecular complexity index is 570. The average Bonchev–Trinajstić information content (AvgIpc) is 2.28. The van der Waals surface area contributed by atoms with Crippen LogP contribution in [-0.4, -0.2) is 24.6 Å². The maximum atomic E-state index is 12.1. The van der Waals surface area contributed by atoms with Crippen LogP contribution in [0.3, 0.4) is 0 Å². The van der Waals surface area contributed by atoms with Crippen LogP contribution in [0.15, 0.2) is 46.2 Å². The first kappa shape index (κ1) is 12.3. The van der Waals surface area contributed by atoms with Crippen molar-refractivity contribution in [3.8, 4) is 23.0 Å². The molecule has 4 N–H and O–H groups in total. The van der Waals surface area contributed by atoms with Crippen molar-refractivity contribution in [1.82, 2.24) is 0 Å². The van der Waals surface area contributed by atoms with E-state index in [0.29, 0.717) is 0 Å². The summed E-state index contributed by atoms with van der Waals surface area (Å²) in [5.74, 6) is -0.965. The highest BCUT2D eigenvalue weighted by Crippen LogP contribution is 2.33. The molecule has 0 amide bonds. The van der Waals surface area contributed by atoms with Crippen LogP contribution in [0.2, 0.25) is 0 Å². The fourth-order valence-electron chi connectivity index (χ4n) is 1.44. The van der Waals surface area contributed by atoms with Gasteiger partial charge in [-0.1, -0.05) is 0 Å². The summed E-state index contributed by atoms with van der Waals surface area (Å²) >= 11 is 0. The zero-order valence-electron chi connectivity index (χ0n) is 9.07. The quantitative estimate of drug-likeness (QED) is 0.663.